The summed E-state index contributed by atoms with van der Waals surface area (Å²) in [5.41, 5.74) is 0. The van der Waals surface area contributed by atoms with Crippen LogP contribution in [0.3, 0.4) is 0 Å². The molecule has 1 aliphatic heterocycles. The largest absolute Gasteiger partial charge is 0.338 e. The average Bonchev–Trinajstić information content (AvgIpc) is 2.44. The minimum Gasteiger partial charge on any atom is -0.329 e. The van der Waals surface area contributed by atoms with Gasteiger partial charge in [-0.1, -0.05) is 19.8 Å². The van der Waals surface area contributed by atoms with Gasteiger partial charge in [0.25, 0.3) is 0 Å². The van der Waals surface area contributed by atoms with E-state index in [4.69, 9.17) is 0 Å². The van der Waals surface area contributed by atoms with Crippen molar-refractivity contribution in [1.82, 2.24) is 4.90 Å². The molecule has 0 spiro atoms. The topological polar surface area (TPSA) is 54.5 Å². The molecule has 82 valence electrons. The first-order valence-electron chi connectivity index (χ1n) is 5.09. The minimum atomic E-state index is -3.53. The van der Waals surface area contributed by atoms with E-state index in [0.717, 1.165) is 25.7 Å². The predicted octanol–water partition coefficient (Wildman–Crippen LogP) is 1.42. The van der Waals surface area contributed by atoms with Crippen molar-refractivity contribution in [3.63, 3.8) is 0 Å². The number of rotatable bonds is 1. The van der Waals surface area contributed by atoms with Crippen LogP contribution in [0.25, 0.3) is 0 Å². The van der Waals surface area contributed by atoms with Gasteiger partial charge in [-0.3, -0.25) is 4.79 Å². The number of nitrogens with zero attached hydrogens (tertiary/aromatic N) is 1. The number of amides is 1. The Morgan fingerprint density at radius 3 is 2.07 bits per heavy atom. The molecular formula is C9H17NO3S. The Morgan fingerprint density at radius 1 is 1.14 bits per heavy atom. The van der Waals surface area contributed by atoms with Crippen molar-refractivity contribution in [1.29, 1.82) is 0 Å². The molecular weight excluding hydrogens is 202 g/mol. The fourth-order valence-corrected chi connectivity index (χ4v) is 2.40. The molecule has 1 heterocycles. The van der Waals surface area contributed by atoms with E-state index < -0.39 is 15.1 Å². The van der Waals surface area contributed by atoms with Crippen LogP contribution >= 0.6 is 0 Å². The molecule has 0 saturated carbocycles. The Balaban J connectivity index is 2.68. The SMILES string of the molecule is CCS(=O)(=O)C(=O)N1CCCCCC1. The van der Waals surface area contributed by atoms with E-state index >= 15 is 0 Å². The maximum Gasteiger partial charge on any atom is 0.338 e. The van der Waals surface area contributed by atoms with Gasteiger partial charge in [0, 0.05) is 13.1 Å². The molecule has 0 unspecified atom stereocenters. The molecule has 0 atom stereocenters. The third-order valence-electron chi connectivity index (χ3n) is 2.51. The van der Waals surface area contributed by atoms with Gasteiger partial charge in [0.1, 0.15) is 0 Å². The molecule has 0 aromatic rings. The first kappa shape index (κ1) is 11.5. The van der Waals surface area contributed by atoms with Gasteiger partial charge in [0.15, 0.2) is 0 Å². The van der Waals surface area contributed by atoms with Crippen LogP contribution in [-0.4, -0.2) is 37.4 Å². The number of carbonyl (C=O) groups is 1. The van der Waals surface area contributed by atoms with Crippen LogP contribution in [-0.2, 0) is 9.84 Å². The maximum atomic E-state index is 11.5. The molecule has 1 fully saturated rings. The molecule has 0 N–H and O–H groups in total. The summed E-state index contributed by atoms with van der Waals surface area (Å²) in [6.45, 7) is 2.70. The summed E-state index contributed by atoms with van der Waals surface area (Å²) in [6, 6.07) is 0. The van der Waals surface area contributed by atoms with Crippen molar-refractivity contribution in [2.24, 2.45) is 0 Å². The molecule has 0 aliphatic carbocycles. The highest BCUT2D eigenvalue weighted by atomic mass is 32.2. The summed E-state index contributed by atoms with van der Waals surface area (Å²) >= 11 is 0. The van der Waals surface area contributed by atoms with E-state index in [9.17, 15) is 13.2 Å². The lowest BCUT2D eigenvalue weighted by Crippen LogP contribution is -2.36. The van der Waals surface area contributed by atoms with Crippen molar-refractivity contribution in [2.45, 2.75) is 32.6 Å². The molecule has 1 aliphatic rings. The van der Waals surface area contributed by atoms with E-state index in [1.165, 1.54) is 11.8 Å². The van der Waals surface area contributed by atoms with Gasteiger partial charge in [-0.05, 0) is 12.8 Å². The fraction of sp³-hybridized carbons (Fsp3) is 0.889. The summed E-state index contributed by atoms with van der Waals surface area (Å²) in [6.07, 6.45) is 4.03. The second-order valence-corrected chi connectivity index (χ2v) is 5.73. The standard InChI is InChI=1S/C9H17NO3S/c1-2-14(12,13)9(11)10-7-5-3-4-6-8-10/h2-8H2,1H3. The summed E-state index contributed by atoms with van der Waals surface area (Å²) in [5.74, 6) is -0.0949. The molecule has 1 amide bonds. The highest BCUT2D eigenvalue weighted by molar-refractivity contribution is 8.05. The predicted molar refractivity (Wildman–Crippen MR) is 54.9 cm³/mol. The fourth-order valence-electron chi connectivity index (χ4n) is 1.57. The van der Waals surface area contributed by atoms with Crippen molar-refractivity contribution in [3.05, 3.63) is 0 Å². The van der Waals surface area contributed by atoms with Gasteiger partial charge in [-0.15, -0.1) is 0 Å². The van der Waals surface area contributed by atoms with Crippen LogP contribution in [0.4, 0.5) is 4.79 Å². The van der Waals surface area contributed by atoms with E-state index in [1.54, 1.807) is 0 Å². The lowest BCUT2D eigenvalue weighted by Gasteiger charge is -2.19. The number of carbonyl (C=O) groups excluding carboxylic acids is 1. The van der Waals surface area contributed by atoms with Crippen LogP contribution in [0.15, 0.2) is 0 Å². The zero-order valence-corrected chi connectivity index (χ0v) is 9.35. The van der Waals surface area contributed by atoms with Gasteiger partial charge in [-0.25, -0.2) is 8.42 Å². The number of likely N-dealkylation sites (tertiary alicyclic amines) is 1. The Morgan fingerprint density at radius 2 is 1.64 bits per heavy atom. The highest BCUT2D eigenvalue weighted by Crippen LogP contribution is 2.12. The first-order valence-corrected chi connectivity index (χ1v) is 6.75. The quantitative estimate of drug-likeness (QED) is 0.670. The van der Waals surface area contributed by atoms with Crippen LogP contribution in [0.5, 0.6) is 0 Å². The molecule has 1 rings (SSSR count). The Kier molecular flexibility index (Phi) is 3.92. The van der Waals surface area contributed by atoms with Crippen LogP contribution in [0.1, 0.15) is 32.6 Å². The summed E-state index contributed by atoms with van der Waals surface area (Å²) in [5, 5.41) is -0.679. The number of sulfone groups is 1. The van der Waals surface area contributed by atoms with E-state index in [0.29, 0.717) is 13.1 Å². The van der Waals surface area contributed by atoms with Gasteiger partial charge in [-0.2, -0.15) is 0 Å². The Bertz CT molecular complexity index is 289. The monoisotopic (exact) mass is 219 g/mol. The van der Waals surface area contributed by atoms with Crippen LogP contribution in [0.2, 0.25) is 0 Å². The van der Waals surface area contributed by atoms with Crippen molar-refractivity contribution in [2.75, 3.05) is 18.8 Å². The van der Waals surface area contributed by atoms with Gasteiger partial charge in [0.05, 0.1) is 5.75 Å². The first-order chi connectivity index (χ1) is 6.58. The summed E-state index contributed by atoms with van der Waals surface area (Å²) in [7, 11) is -3.53. The van der Waals surface area contributed by atoms with Gasteiger partial charge in [0.2, 0.25) is 9.84 Å². The van der Waals surface area contributed by atoms with Crippen molar-refractivity contribution >= 4 is 15.1 Å². The number of hydrogen-bond acceptors (Lipinski definition) is 3. The molecule has 0 bridgehead atoms. The highest BCUT2D eigenvalue weighted by Gasteiger charge is 2.26. The third-order valence-corrected chi connectivity index (χ3v) is 4.06. The maximum absolute atomic E-state index is 11.5. The van der Waals surface area contributed by atoms with E-state index in [1.807, 2.05) is 0 Å². The van der Waals surface area contributed by atoms with Crippen molar-refractivity contribution < 1.29 is 13.2 Å². The molecule has 0 aromatic carbocycles. The molecule has 4 nitrogen and oxygen atoms in total. The third kappa shape index (κ3) is 2.70. The molecule has 0 aromatic heterocycles. The molecule has 0 radical (unpaired) electrons. The van der Waals surface area contributed by atoms with Gasteiger partial charge < -0.3 is 4.90 Å². The molecule has 1 saturated heterocycles. The Hall–Kier alpha value is -0.580. The van der Waals surface area contributed by atoms with Crippen LogP contribution < -0.4 is 0 Å². The number of hydrogen-bond donors (Lipinski definition) is 0. The van der Waals surface area contributed by atoms with Gasteiger partial charge >= 0.3 is 5.24 Å². The Labute approximate surface area is 85.2 Å². The summed E-state index contributed by atoms with van der Waals surface area (Å²) in [4.78, 5) is 13.0. The molecule has 14 heavy (non-hydrogen) atoms. The van der Waals surface area contributed by atoms with Crippen molar-refractivity contribution in [3.8, 4) is 0 Å². The second-order valence-electron chi connectivity index (χ2n) is 3.57. The van der Waals surface area contributed by atoms with Crippen LogP contribution in [0, 0.1) is 0 Å². The average molecular weight is 219 g/mol. The smallest absolute Gasteiger partial charge is 0.329 e. The summed E-state index contributed by atoms with van der Waals surface area (Å²) < 4.78 is 22.6. The second kappa shape index (κ2) is 4.77. The zero-order valence-electron chi connectivity index (χ0n) is 8.53. The lowest BCUT2D eigenvalue weighted by atomic mass is 10.2. The minimum absolute atomic E-state index is 0.0949. The van der Waals surface area contributed by atoms with E-state index in [2.05, 4.69) is 0 Å². The van der Waals surface area contributed by atoms with E-state index in [-0.39, 0.29) is 5.75 Å². The normalized spacial score (nSPS) is 19.1. The molecule has 5 heteroatoms. The lowest BCUT2D eigenvalue weighted by molar-refractivity contribution is 0.222. The zero-order chi connectivity index (χ0) is 10.6.